The highest BCUT2D eigenvalue weighted by Crippen LogP contribution is 2.22. The number of hydrogen-bond acceptors (Lipinski definition) is 2. The third kappa shape index (κ3) is 3.99. The van der Waals surface area contributed by atoms with Crippen LogP contribution in [0.25, 0.3) is 11.6 Å². The number of nitrogens with zero attached hydrogens (tertiary/aromatic N) is 2. The minimum absolute atomic E-state index is 0.670. The van der Waals surface area contributed by atoms with Gasteiger partial charge in [-0.05, 0) is 55.3 Å². The van der Waals surface area contributed by atoms with Crippen LogP contribution in [0.2, 0.25) is 0 Å². The van der Waals surface area contributed by atoms with Crippen molar-refractivity contribution in [3.63, 3.8) is 0 Å². The molecule has 112 valence electrons. The standard InChI is InChI=1S/C19H19BrN2/c1-3-22(4-2)19-11-5-15(6-12-19)13-17(14-21)16-7-9-18(20)10-8-16/h5-13H,3-4H2,1-2H3. The summed E-state index contributed by atoms with van der Waals surface area (Å²) >= 11 is 3.41. The Hall–Kier alpha value is -2.05. The molecule has 0 aliphatic heterocycles. The van der Waals surface area contributed by atoms with Crippen LogP contribution in [0.3, 0.4) is 0 Å². The summed E-state index contributed by atoms with van der Waals surface area (Å²) in [5.74, 6) is 0. The molecule has 0 N–H and O–H groups in total. The molecule has 0 aliphatic carbocycles. The van der Waals surface area contributed by atoms with Crippen molar-refractivity contribution in [1.29, 1.82) is 5.26 Å². The molecule has 0 aliphatic rings. The fourth-order valence-electron chi connectivity index (χ4n) is 2.35. The lowest BCUT2D eigenvalue weighted by atomic mass is 10.0. The summed E-state index contributed by atoms with van der Waals surface area (Å²) in [5.41, 5.74) is 3.85. The smallest absolute Gasteiger partial charge is 0.0998 e. The Kier molecular flexibility index (Phi) is 5.80. The van der Waals surface area contributed by atoms with Crippen LogP contribution in [-0.4, -0.2) is 13.1 Å². The van der Waals surface area contributed by atoms with Crippen molar-refractivity contribution in [2.75, 3.05) is 18.0 Å². The van der Waals surface area contributed by atoms with Gasteiger partial charge in [0.15, 0.2) is 0 Å². The number of hydrogen-bond donors (Lipinski definition) is 0. The Morgan fingerprint density at radius 1 is 1.05 bits per heavy atom. The zero-order valence-corrected chi connectivity index (χ0v) is 14.5. The first kappa shape index (κ1) is 16.3. The van der Waals surface area contributed by atoms with Crippen molar-refractivity contribution in [1.82, 2.24) is 0 Å². The van der Waals surface area contributed by atoms with Crippen LogP contribution in [0.5, 0.6) is 0 Å². The quantitative estimate of drug-likeness (QED) is 0.533. The monoisotopic (exact) mass is 354 g/mol. The number of allylic oxidation sites excluding steroid dienone is 1. The summed E-state index contributed by atoms with van der Waals surface area (Å²) < 4.78 is 1.01. The van der Waals surface area contributed by atoms with E-state index in [1.165, 1.54) is 5.69 Å². The van der Waals surface area contributed by atoms with Gasteiger partial charge in [0.2, 0.25) is 0 Å². The zero-order chi connectivity index (χ0) is 15.9. The fourth-order valence-corrected chi connectivity index (χ4v) is 2.61. The largest absolute Gasteiger partial charge is 0.372 e. The van der Waals surface area contributed by atoms with E-state index in [1.54, 1.807) is 0 Å². The Morgan fingerprint density at radius 2 is 1.64 bits per heavy atom. The van der Waals surface area contributed by atoms with Gasteiger partial charge in [-0.15, -0.1) is 0 Å². The molecule has 22 heavy (non-hydrogen) atoms. The van der Waals surface area contributed by atoms with Crippen LogP contribution in [0.1, 0.15) is 25.0 Å². The van der Waals surface area contributed by atoms with Gasteiger partial charge in [0, 0.05) is 23.2 Å². The molecule has 0 heterocycles. The van der Waals surface area contributed by atoms with Crippen molar-refractivity contribution in [2.45, 2.75) is 13.8 Å². The van der Waals surface area contributed by atoms with Gasteiger partial charge in [-0.2, -0.15) is 5.26 Å². The van der Waals surface area contributed by atoms with E-state index in [4.69, 9.17) is 0 Å². The maximum Gasteiger partial charge on any atom is 0.0998 e. The molecule has 2 aromatic rings. The van der Waals surface area contributed by atoms with Gasteiger partial charge in [0.1, 0.15) is 0 Å². The molecule has 0 saturated carbocycles. The lowest BCUT2D eigenvalue weighted by molar-refractivity contribution is 0.866. The molecular weight excluding hydrogens is 336 g/mol. The van der Waals surface area contributed by atoms with Crippen LogP contribution in [-0.2, 0) is 0 Å². The second-order valence-electron chi connectivity index (χ2n) is 4.94. The topological polar surface area (TPSA) is 27.0 Å². The third-order valence-corrected chi connectivity index (χ3v) is 4.14. The maximum atomic E-state index is 9.39. The summed E-state index contributed by atoms with van der Waals surface area (Å²) in [6, 6.07) is 18.4. The molecule has 0 spiro atoms. The fraction of sp³-hybridized carbons (Fsp3) is 0.211. The predicted molar refractivity (Wildman–Crippen MR) is 97.6 cm³/mol. The highest BCUT2D eigenvalue weighted by molar-refractivity contribution is 9.10. The van der Waals surface area contributed by atoms with Crippen LogP contribution in [0.4, 0.5) is 5.69 Å². The molecule has 0 amide bonds. The first-order valence-corrected chi connectivity index (χ1v) is 8.20. The Morgan fingerprint density at radius 3 is 2.14 bits per heavy atom. The van der Waals surface area contributed by atoms with Crippen LogP contribution < -0.4 is 4.90 Å². The predicted octanol–water partition coefficient (Wildman–Crippen LogP) is 5.36. The summed E-state index contributed by atoms with van der Waals surface area (Å²) in [4.78, 5) is 2.30. The SMILES string of the molecule is CCN(CC)c1ccc(C=C(C#N)c2ccc(Br)cc2)cc1. The van der Waals surface area contributed by atoms with E-state index in [9.17, 15) is 5.26 Å². The highest BCUT2D eigenvalue weighted by Gasteiger charge is 2.03. The van der Waals surface area contributed by atoms with Crippen LogP contribution in [0.15, 0.2) is 53.0 Å². The van der Waals surface area contributed by atoms with Crippen molar-refractivity contribution in [2.24, 2.45) is 0 Å². The molecule has 0 atom stereocenters. The van der Waals surface area contributed by atoms with E-state index < -0.39 is 0 Å². The minimum Gasteiger partial charge on any atom is -0.372 e. The van der Waals surface area contributed by atoms with Gasteiger partial charge in [-0.3, -0.25) is 0 Å². The molecule has 0 radical (unpaired) electrons. The van der Waals surface area contributed by atoms with Crippen molar-refractivity contribution < 1.29 is 0 Å². The van der Waals surface area contributed by atoms with E-state index >= 15 is 0 Å². The molecule has 0 saturated heterocycles. The van der Waals surface area contributed by atoms with Gasteiger partial charge in [-0.25, -0.2) is 0 Å². The maximum absolute atomic E-state index is 9.39. The van der Waals surface area contributed by atoms with Gasteiger partial charge in [-0.1, -0.05) is 40.2 Å². The normalized spacial score (nSPS) is 11.1. The molecule has 2 rings (SSSR count). The summed E-state index contributed by atoms with van der Waals surface area (Å²) in [6.45, 7) is 6.29. The summed E-state index contributed by atoms with van der Waals surface area (Å²) in [6.07, 6.45) is 1.93. The second-order valence-corrected chi connectivity index (χ2v) is 5.86. The molecular formula is C19H19BrN2. The first-order chi connectivity index (χ1) is 10.7. The molecule has 2 aromatic carbocycles. The van der Waals surface area contributed by atoms with E-state index in [0.717, 1.165) is 28.7 Å². The van der Waals surface area contributed by atoms with Crippen LogP contribution in [0, 0.1) is 11.3 Å². The van der Waals surface area contributed by atoms with Gasteiger partial charge < -0.3 is 4.90 Å². The Labute approximate surface area is 140 Å². The van der Waals surface area contributed by atoms with E-state index in [-0.39, 0.29) is 0 Å². The second kappa shape index (κ2) is 7.82. The zero-order valence-electron chi connectivity index (χ0n) is 12.9. The molecule has 0 fully saturated rings. The van der Waals surface area contributed by atoms with E-state index in [0.29, 0.717) is 5.57 Å². The van der Waals surface area contributed by atoms with Crippen LogP contribution >= 0.6 is 15.9 Å². The summed E-state index contributed by atoms with van der Waals surface area (Å²) in [5, 5.41) is 9.39. The molecule has 0 bridgehead atoms. The highest BCUT2D eigenvalue weighted by atomic mass is 79.9. The molecule has 0 unspecified atom stereocenters. The number of benzene rings is 2. The molecule has 2 nitrogen and oxygen atoms in total. The number of anilines is 1. The number of halogens is 1. The van der Waals surface area contributed by atoms with E-state index in [2.05, 4.69) is 65.0 Å². The third-order valence-electron chi connectivity index (χ3n) is 3.61. The van der Waals surface area contributed by atoms with E-state index in [1.807, 2.05) is 30.3 Å². The van der Waals surface area contributed by atoms with Gasteiger partial charge >= 0.3 is 0 Å². The summed E-state index contributed by atoms with van der Waals surface area (Å²) in [7, 11) is 0. The van der Waals surface area contributed by atoms with Gasteiger partial charge in [0.25, 0.3) is 0 Å². The van der Waals surface area contributed by atoms with Gasteiger partial charge in [0.05, 0.1) is 11.6 Å². The lowest BCUT2D eigenvalue weighted by Gasteiger charge is -2.20. The van der Waals surface area contributed by atoms with Crippen molar-refractivity contribution in [3.05, 3.63) is 64.1 Å². The average molecular weight is 355 g/mol. The number of nitriles is 1. The molecule has 0 aromatic heterocycles. The minimum atomic E-state index is 0.670. The Bertz CT molecular complexity index is 675. The Balaban J connectivity index is 2.27. The lowest BCUT2D eigenvalue weighted by Crippen LogP contribution is -2.21. The number of rotatable bonds is 5. The molecule has 3 heteroatoms. The van der Waals surface area contributed by atoms with Crippen molar-refractivity contribution in [3.8, 4) is 6.07 Å². The van der Waals surface area contributed by atoms with Crippen molar-refractivity contribution >= 4 is 33.3 Å². The first-order valence-electron chi connectivity index (χ1n) is 7.40. The average Bonchev–Trinajstić information content (AvgIpc) is 2.56.